The van der Waals surface area contributed by atoms with E-state index in [1.165, 1.54) is 11.1 Å². The van der Waals surface area contributed by atoms with Gasteiger partial charge in [0.15, 0.2) is 0 Å². The lowest BCUT2D eigenvalue weighted by Gasteiger charge is -2.26. The summed E-state index contributed by atoms with van der Waals surface area (Å²) in [6.45, 7) is 11.3. The van der Waals surface area contributed by atoms with Crippen molar-refractivity contribution in [1.82, 2.24) is 0 Å². The lowest BCUT2D eigenvalue weighted by atomic mass is 9.79. The molecule has 0 amide bonds. The molecule has 1 atom stereocenters. The first-order chi connectivity index (χ1) is 13.4. The highest BCUT2D eigenvalue weighted by molar-refractivity contribution is 5.52. The van der Waals surface area contributed by atoms with Gasteiger partial charge in [-0.05, 0) is 66.1 Å². The molecule has 0 saturated heterocycles. The van der Waals surface area contributed by atoms with Gasteiger partial charge in [-0.25, -0.2) is 0 Å². The van der Waals surface area contributed by atoms with Crippen molar-refractivity contribution in [3.8, 4) is 5.75 Å². The van der Waals surface area contributed by atoms with Gasteiger partial charge in [0.1, 0.15) is 5.75 Å². The fourth-order valence-corrected chi connectivity index (χ4v) is 3.21. The van der Waals surface area contributed by atoms with Gasteiger partial charge in [-0.3, -0.25) is 0 Å². The second-order valence-electron chi connectivity index (χ2n) is 8.16. The Hall–Kier alpha value is -2.48. The third-order valence-corrected chi connectivity index (χ3v) is 5.33. The maximum Gasteiger partial charge on any atom is 0.119 e. The highest BCUT2D eigenvalue weighted by atomic mass is 16.5. The van der Waals surface area contributed by atoms with Crippen molar-refractivity contribution in [3.63, 3.8) is 0 Å². The molecule has 0 heterocycles. The monoisotopic (exact) mass is 377 g/mol. The minimum absolute atomic E-state index is 0.0718. The number of nitrogens with one attached hydrogen (secondary N) is 1. The zero-order valence-corrected chi connectivity index (χ0v) is 18.3. The standard InChI is InChI=1S/C26H35NO/c1-7-20(2)12-13-23(27-22-14-16-24(28-6)17-15-22)18-19-26(4,5)25-11-9-8-10-21(25)3/h8-18,20,27H,7,19H2,1-6H3/b13-12-,23-18+. The first kappa shape index (κ1) is 21.8. The predicted molar refractivity (Wildman–Crippen MR) is 122 cm³/mol. The number of anilines is 1. The van der Waals surface area contributed by atoms with Crippen LogP contribution in [0.25, 0.3) is 0 Å². The Morgan fingerprint density at radius 1 is 1.11 bits per heavy atom. The van der Waals surface area contributed by atoms with Crippen LogP contribution in [0.4, 0.5) is 5.69 Å². The Morgan fingerprint density at radius 3 is 2.39 bits per heavy atom. The van der Waals surface area contributed by atoms with E-state index in [4.69, 9.17) is 4.74 Å². The number of ether oxygens (including phenoxy) is 1. The van der Waals surface area contributed by atoms with E-state index in [1.807, 2.05) is 12.1 Å². The third kappa shape index (κ3) is 6.30. The molecule has 2 nitrogen and oxygen atoms in total. The Bertz CT molecular complexity index is 799. The topological polar surface area (TPSA) is 21.3 Å². The van der Waals surface area contributed by atoms with Crippen molar-refractivity contribution in [3.05, 3.63) is 83.6 Å². The molecule has 0 fully saturated rings. The average molecular weight is 378 g/mol. The van der Waals surface area contributed by atoms with Crippen molar-refractivity contribution in [1.29, 1.82) is 0 Å². The first-order valence-corrected chi connectivity index (χ1v) is 10.2. The van der Waals surface area contributed by atoms with E-state index in [1.54, 1.807) is 7.11 Å². The molecule has 0 spiro atoms. The summed E-state index contributed by atoms with van der Waals surface area (Å²) in [6.07, 6.45) is 8.91. The van der Waals surface area contributed by atoms with Gasteiger partial charge in [-0.1, -0.05) is 70.5 Å². The van der Waals surface area contributed by atoms with E-state index >= 15 is 0 Å². The average Bonchev–Trinajstić information content (AvgIpc) is 2.70. The van der Waals surface area contributed by atoms with Gasteiger partial charge in [0.25, 0.3) is 0 Å². The van der Waals surface area contributed by atoms with Crippen LogP contribution in [0.1, 0.15) is 51.7 Å². The Balaban J connectivity index is 2.24. The smallest absolute Gasteiger partial charge is 0.119 e. The number of methoxy groups -OCH3 is 1. The molecule has 1 N–H and O–H groups in total. The van der Waals surface area contributed by atoms with Crippen molar-refractivity contribution >= 4 is 5.69 Å². The number of allylic oxidation sites excluding steroid dienone is 3. The SMILES string of the molecule is CCC(C)/C=C\C(=C/CC(C)(C)c1ccccc1C)Nc1ccc(OC)cc1. The minimum Gasteiger partial charge on any atom is -0.497 e. The van der Waals surface area contributed by atoms with Crippen molar-refractivity contribution < 1.29 is 4.74 Å². The number of hydrogen-bond donors (Lipinski definition) is 1. The largest absolute Gasteiger partial charge is 0.497 e. The molecule has 2 aromatic carbocycles. The van der Waals surface area contributed by atoms with Crippen LogP contribution in [-0.4, -0.2) is 7.11 Å². The van der Waals surface area contributed by atoms with Crippen LogP contribution >= 0.6 is 0 Å². The second-order valence-corrected chi connectivity index (χ2v) is 8.16. The molecule has 0 aromatic heterocycles. The summed E-state index contributed by atoms with van der Waals surface area (Å²) in [6, 6.07) is 16.7. The molecule has 0 saturated carbocycles. The fourth-order valence-electron chi connectivity index (χ4n) is 3.21. The predicted octanol–water partition coefficient (Wildman–Crippen LogP) is 7.27. The summed E-state index contributed by atoms with van der Waals surface area (Å²) in [7, 11) is 1.69. The molecule has 1 unspecified atom stereocenters. The quantitative estimate of drug-likeness (QED) is 0.464. The van der Waals surface area contributed by atoms with Crippen LogP contribution < -0.4 is 10.1 Å². The van der Waals surface area contributed by atoms with E-state index in [0.29, 0.717) is 5.92 Å². The maximum atomic E-state index is 5.26. The van der Waals surface area contributed by atoms with Crippen molar-refractivity contribution in [2.45, 2.75) is 52.9 Å². The van der Waals surface area contributed by atoms with Crippen LogP contribution in [0.3, 0.4) is 0 Å². The van der Waals surface area contributed by atoms with Crippen LogP contribution in [0.15, 0.2) is 72.5 Å². The van der Waals surface area contributed by atoms with Gasteiger partial charge in [0.05, 0.1) is 7.11 Å². The Kier molecular flexibility index (Phi) is 7.92. The van der Waals surface area contributed by atoms with Gasteiger partial charge in [-0.15, -0.1) is 0 Å². The number of hydrogen-bond acceptors (Lipinski definition) is 2. The third-order valence-electron chi connectivity index (χ3n) is 5.33. The van der Waals surface area contributed by atoms with E-state index in [-0.39, 0.29) is 5.41 Å². The summed E-state index contributed by atoms with van der Waals surface area (Å²) in [5, 5.41) is 3.57. The molecule has 150 valence electrons. The van der Waals surface area contributed by atoms with Crippen LogP contribution in [0.2, 0.25) is 0 Å². The van der Waals surface area contributed by atoms with Gasteiger partial charge in [0, 0.05) is 11.4 Å². The molecule has 0 radical (unpaired) electrons. The highest BCUT2D eigenvalue weighted by Crippen LogP contribution is 2.30. The summed E-state index contributed by atoms with van der Waals surface area (Å²) < 4.78 is 5.26. The van der Waals surface area contributed by atoms with Gasteiger partial charge in [0.2, 0.25) is 0 Å². The first-order valence-electron chi connectivity index (χ1n) is 10.2. The fraction of sp³-hybridized carbons (Fsp3) is 0.385. The molecule has 2 aromatic rings. The van der Waals surface area contributed by atoms with Crippen LogP contribution in [-0.2, 0) is 5.41 Å². The Labute approximate surface area is 171 Å². The van der Waals surface area contributed by atoms with E-state index < -0.39 is 0 Å². The van der Waals surface area contributed by atoms with Gasteiger partial charge < -0.3 is 10.1 Å². The van der Waals surface area contributed by atoms with Crippen molar-refractivity contribution in [2.24, 2.45) is 5.92 Å². The van der Waals surface area contributed by atoms with Crippen molar-refractivity contribution in [2.75, 3.05) is 12.4 Å². The molecule has 0 aliphatic carbocycles. The molecular formula is C26H35NO. The molecule has 0 bridgehead atoms. The molecule has 2 rings (SSSR count). The summed E-state index contributed by atoms with van der Waals surface area (Å²) in [5.41, 5.74) is 5.02. The normalized spacial score (nSPS) is 13.6. The van der Waals surface area contributed by atoms with Crippen LogP contribution in [0.5, 0.6) is 5.75 Å². The zero-order valence-electron chi connectivity index (χ0n) is 18.3. The number of aryl methyl sites for hydroxylation is 1. The summed E-state index contributed by atoms with van der Waals surface area (Å²) >= 11 is 0. The van der Waals surface area contributed by atoms with Gasteiger partial charge in [-0.2, -0.15) is 0 Å². The number of benzene rings is 2. The molecule has 28 heavy (non-hydrogen) atoms. The van der Waals surface area contributed by atoms with Crippen LogP contribution in [0, 0.1) is 12.8 Å². The van der Waals surface area contributed by atoms with Gasteiger partial charge >= 0.3 is 0 Å². The number of rotatable bonds is 9. The molecule has 0 aliphatic heterocycles. The minimum atomic E-state index is 0.0718. The summed E-state index contributed by atoms with van der Waals surface area (Å²) in [4.78, 5) is 0. The molecular weight excluding hydrogens is 342 g/mol. The lowest BCUT2D eigenvalue weighted by Crippen LogP contribution is -2.18. The second kappa shape index (κ2) is 10.2. The zero-order chi connectivity index (χ0) is 20.6. The van der Waals surface area contributed by atoms with E-state index in [0.717, 1.165) is 30.0 Å². The summed E-state index contributed by atoms with van der Waals surface area (Å²) in [5.74, 6) is 1.43. The molecule has 2 heteroatoms. The lowest BCUT2D eigenvalue weighted by molar-refractivity contribution is 0.415. The highest BCUT2D eigenvalue weighted by Gasteiger charge is 2.21. The molecule has 0 aliphatic rings. The van der Waals surface area contributed by atoms with E-state index in [2.05, 4.69) is 94.6 Å². The maximum absolute atomic E-state index is 5.26. The Morgan fingerprint density at radius 2 is 1.79 bits per heavy atom. The van der Waals surface area contributed by atoms with E-state index in [9.17, 15) is 0 Å².